The molecule has 1 saturated heterocycles. The number of anilines is 1. The van der Waals surface area contributed by atoms with Crippen molar-refractivity contribution in [2.24, 2.45) is 0 Å². The number of hydrogen-bond acceptors (Lipinski definition) is 6. The molecule has 0 radical (unpaired) electrons. The number of ether oxygens (including phenoxy) is 1. The fourth-order valence-electron chi connectivity index (χ4n) is 4.77. The first-order valence-corrected chi connectivity index (χ1v) is 12.5. The Morgan fingerprint density at radius 1 is 1.08 bits per heavy atom. The van der Waals surface area contributed by atoms with Crippen LogP contribution in [-0.4, -0.2) is 52.6 Å². The molecule has 10 heteroatoms. The summed E-state index contributed by atoms with van der Waals surface area (Å²) in [6.07, 6.45) is 0.510. The van der Waals surface area contributed by atoms with E-state index in [1.165, 1.54) is 5.56 Å². The van der Waals surface area contributed by atoms with Gasteiger partial charge in [0.1, 0.15) is 5.75 Å². The second-order valence-corrected chi connectivity index (χ2v) is 9.39. The van der Waals surface area contributed by atoms with Crippen molar-refractivity contribution in [2.75, 3.05) is 37.6 Å². The largest absolute Gasteiger partial charge is 0.433 e. The maximum absolute atomic E-state index is 12.9. The Labute approximate surface area is 218 Å². The average Bonchev–Trinajstić information content (AvgIpc) is 3.32. The molecule has 0 spiro atoms. The molecule has 1 aliphatic rings. The molecule has 3 heterocycles. The summed E-state index contributed by atoms with van der Waals surface area (Å²) in [7, 11) is 0. The standard InChI is InChI=1S/C28H27F3N6O/c1-19-15-22(5-7-25(19)38-27-33-9-8-26(35-27)28(29,30)31)37-13-11-36(12-14-37)10-2-3-21-18-34-24-6-4-20(17-32)16-23(21)24/h4-9,15-16,18,34H,2-3,10-14H2,1H3. The van der Waals surface area contributed by atoms with Crippen LogP contribution in [0.15, 0.2) is 54.9 Å². The third-order valence-electron chi connectivity index (χ3n) is 6.84. The molecule has 2 aromatic heterocycles. The summed E-state index contributed by atoms with van der Waals surface area (Å²) >= 11 is 0. The zero-order chi connectivity index (χ0) is 26.7. The SMILES string of the molecule is Cc1cc(N2CCN(CCCc3c[nH]c4ccc(C#N)cc34)CC2)ccc1Oc1nccc(C(F)(F)F)n1. The molecule has 0 amide bonds. The van der Waals surface area contributed by atoms with Gasteiger partial charge in [-0.3, -0.25) is 4.90 Å². The van der Waals surface area contributed by atoms with Gasteiger partial charge in [0.2, 0.25) is 0 Å². The van der Waals surface area contributed by atoms with Crippen LogP contribution in [0.3, 0.4) is 0 Å². The number of rotatable bonds is 7. The summed E-state index contributed by atoms with van der Waals surface area (Å²) in [4.78, 5) is 15.3. The number of aromatic amines is 1. The van der Waals surface area contributed by atoms with Crippen molar-refractivity contribution in [3.05, 3.63) is 77.2 Å². The van der Waals surface area contributed by atoms with E-state index in [1.54, 1.807) is 6.07 Å². The first-order valence-electron chi connectivity index (χ1n) is 12.5. The van der Waals surface area contributed by atoms with E-state index in [2.05, 4.69) is 30.8 Å². The van der Waals surface area contributed by atoms with Crippen LogP contribution in [0.5, 0.6) is 11.8 Å². The predicted octanol–water partition coefficient (Wildman–Crippen LogP) is 5.70. The van der Waals surface area contributed by atoms with Crippen LogP contribution >= 0.6 is 0 Å². The number of alkyl halides is 3. The molecule has 0 unspecified atom stereocenters. The van der Waals surface area contributed by atoms with E-state index >= 15 is 0 Å². The lowest BCUT2D eigenvalue weighted by atomic mass is 10.1. The number of aryl methyl sites for hydroxylation is 2. The second kappa shape index (κ2) is 10.7. The van der Waals surface area contributed by atoms with Crippen LogP contribution < -0.4 is 9.64 Å². The molecule has 0 atom stereocenters. The van der Waals surface area contributed by atoms with Gasteiger partial charge in [-0.05, 0) is 79.9 Å². The quantitative estimate of drug-likeness (QED) is 0.337. The van der Waals surface area contributed by atoms with Gasteiger partial charge in [0.05, 0.1) is 11.6 Å². The second-order valence-electron chi connectivity index (χ2n) is 9.39. The number of aromatic nitrogens is 3. The van der Waals surface area contributed by atoms with E-state index in [0.717, 1.165) is 80.0 Å². The van der Waals surface area contributed by atoms with Gasteiger partial charge in [0.25, 0.3) is 0 Å². The molecular weight excluding hydrogens is 493 g/mol. The van der Waals surface area contributed by atoms with E-state index in [0.29, 0.717) is 11.3 Å². The Balaban J connectivity index is 1.13. The summed E-state index contributed by atoms with van der Waals surface area (Å²) in [5, 5.41) is 10.3. The van der Waals surface area contributed by atoms with Gasteiger partial charge in [0.15, 0.2) is 5.69 Å². The minimum atomic E-state index is -4.55. The molecule has 5 rings (SSSR count). The fraction of sp³-hybridized carbons (Fsp3) is 0.321. The lowest BCUT2D eigenvalue weighted by Crippen LogP contribution is -2.46. The van der Waals surface area contributed by atoms with Gasteiger partial charge in [-0.15, -0.1) is 0 Å². The molecule has 0 aliphatic carbocycles. The van der Waals surface area contributed by atoms with Gasteiger partial charge < -0.3 is 14.6 Å². The molecule has 38 heavy (non-hydrogen) atoms. The monoisotopic (exact) mass is 520 g/mol. The number of fused-ring (bicyclic) bond motifs is 1. The van der Waals surface area contributed by atoms with Crippen molar-refractivity contribution in [2.45, 2.75) is 25.9 Å². The van der Waals surface area contributed by atoms with Crippen LogP contribution in [0, 0.1) is 18.3 Å². The number of halogens is 3. The molecule has 0 bridgehead atoms. The Bertz CT molecular complexity index is 1470. The van der Waals surface area contributed by atoms with Gasteiger partial charge in [-0.1, -0.05) is 0 Å². The highest BCUT2D eigenvalue weighted by molar-refractivity contribution is 5.84. The van der Waals surface area contributed by atoms with Gasteiger partial charge in [0, 0.05) is 55.2 Å². The molecule has 2 aromatic carbocycles. The zero-order valence-electron chi connectivity index (χ0n) is 20.9. The first-order chi connectivity index (χ1) is 18.3. The topological polar surface area (TPSA) is 81.1 Å². The molecule has 196 valence electrons. The lowest BCUT2D eigenvalue weighted by Gasteiger charge is -2.36. The molecule has 4 aromatic rings. The number of nitriles is 1. The number of nitrogens with zero attached hydrogens (tertiary/aromatic N) is 5. The zero-order valence-corrected chi connectivity index (χ0v) is 20.9. The normalized spacial score (nSPS) is 14.6. The van der Waals surface area contributed by atoms with Crippen molar-refractivity contribution < 1.29 is 17.9 Å². The van der Waals surface area contributed by atoms with E-state index in [4.69, 9.17) is 4.74 Å². The molecule has 1 N–H and O–H groups in total. The molecule has 7 nitrogen and oxygen atoms in total. The average molecular weight is 521 g/mol. The van der Waals surface area contributed by atoms with Crippen LogP contribution in [-0.2, 0) is 12.6 Å². The van der Waals surface area contributed by atoms with Crippen molar-refractivity contribution in [3.63, 3.8) is 0 Å². The summed E-state index contributed by atoms with van der Waals surface area (Å²) in [6, 6.07) is 14.1. The highest BCUT2D eigenvalue weighted by Crippen LogP contribution is 2.31. The molecule has 1 fully saturated rings. The van der Waals surface area contributed by atoms with Crippen LogP contribution in [0.4, 0.5) is 18.9 Å². The van der Waals surface area contributed by atoms with E-state index < -0.39 is 11.9 Å². The fourth-order valence-corrected chi connectivity index (χ4v) is 4.77. The maximum atomic E-state index is 12.9. The van der Waals surface area contributed by atoms with Crippen molar-refractivity contribution in [1.82, 2.24) is 19.9 Å². The van der Waals surface area contributed by atoms with Crippen LogP contribution in [0.1, 0.15) is 28.8 Å². The molecule has 1 aliphatic heterocycles. The minimum Gasteiger partial charge on any atom is -0.424 e. The highest BCUT2D eigenvalue weighted by Gasteiger charge is 2.33. The lowest BCUT2D eigenvalue weighted by molar-refractivity contribution is -0.141. The van der Waals surface area contributed by atoms with E-state index in [-0.39, 0.29) is 6.01 Å². The minimum absolute atomic E-state index is 0.331. The number of H-pyrrole nitrogens is 1. The number of nitrogens with one attached hydrogen (secondary N) is 1. The Morgan fingerprint density at radius 3 is 2.63 bits per heavy atom. The summed E-state index contributed by atoms with van der Waals surface area (Å²) in [6.45, 7) is 6.52. The van der Waals surface area contributed by atoms with Crippen LogP contribution in [0.25, 0.3) is 10.9 Å². The van der Waals surface area contributed by atoms with Gasteiger partial charge >= 0.3 is 12.2 Å². The van der Waals surface area contributed by atoms with Crippen molar-refractivity contribution >= 4 is 16.6 Å². The molecular formula is C28H27F3N6O. The smallest absolute Gasteiger partial charge is 0.424 e. The number of piperazine rings is 1. The maximum Gasteiger partial charge on any atom is 0.433 e. The Hall–Kier alpha value is -4.10. The third kappa shape index (κ3) is 5.73. The highest BCUT2D eigenvalue weighted by atomic mass is 19.4. The van der Waals surface area contributed by atoms with Gasteiger partial charge in [-0.2, -0.15) is 23.4 Å². The van der Waals surface area contributed by atoms with E-state index in [1.807, 2.05) is 43.5 Å². The first kappa shape index (κ1) is 25.5. The third-order valence-corrected chi connectivity index (χ3v) is 6.84. The Morgan fingerprint density at radius 2 is 1.89 bits per heavy atom. The van der Waals surface area contributed by atoms with E-state index in [9.17, 15) is 18.4 Å². The predicted molar refractivity (Wildman–Crippen MR) is 138 cm³/mol. The van der Waals surface area contributed by atoms with Crippen molar-refractivity contribution in [3.8, 4) is 17.8 Å². The summed E-state index contributed by atoms with van der Waals surface area (Å²) in [5.41, 5.74) is 3.78. The van der Waals surface area contributed by atoms with Crippen LogP contribution in [0.2, 0.25) is 0 Å². The molecule has 0 saturated carbocycles. The number of hydrogen-bond donors (Lipinski definition) is 1. The Kier molecular flexibility index (Phi) is 7.20. The van der Waals surface area contributed by atoms with Crippen molar-refractivity contribution in [1.29, 1.82) is 5.26 Å². The number of benzene rings is 2. The summed E-state index contributed by atoms with van der Waals surface area (Å²) in [5.74, 6) is 0.422. The van der Waals surface area contributed by atoms with Gasteiger partial charge in [-0.25, -0.2) is 4.98 Å². The summed E-state index contributed by atoms with van der Waals surface area (Å²) < 4.78 is 44.3.